The van der Waals surface area contributed by atoms with E-state index in [4.69, 9.17) is 0 Å². The molecule has 0 spiro atoms. The molecule has 4 nitrogen and oxygen atoms in total. The van der Waals surface area contributed by atoms with Crippen molar-refractivity contribution in [2.45, 2.75) is 0 Å². The van der Waals surface area contributed by atoms with E-state index in [1.165, 1.54) is 24.4 Å². The number of ketones is 1. The molecular weight excluding hydrogens is 254 g/mol. The fourth-order valence-corrected chi connectivity index (χ4v) is 1.61. The summed E-state index contributed by atoms with van der Waals surface area (Å²) in [5, 5.41) is 13.5. The summed E-state index contributed by atoms with van der Waals surface area (Å²) in [6.07, 6.45) is 2.94. The van der Waals surface area contributed by atoms with Gasteiger partial charge in [0.1, 0.15) is 0 Å². The van der Waals surface area contributed by atoms with Gasteiger partial charge >= 0.3 is 0 Å². The van der Waals surface area contributed by atoms with Crippen LogP contribution in [0.2, 0.25) is 0 Å². The second-order valence-corrected chi connectivity index (χ2v) is 4.07. The fraction of sp³-hybridized carbons (Fsp3) is 0. The highest BCUT2D eigenvalue weighted by Crippen LogP contribution is 2.09. The van der Waals surface area contributed by atoms with Crippen molar-refractivity contribution in [3.8, 4) is 0 Å². The Morgan fingerprint density at radius 1 is 0.900 bits per heavy atom. The van der Waals surface area contributed by atoms with E-state index in [1.807, 2.05) is 6.07 Å². The Balaban J connectivity index is 1.96. The first-order valence-electron chi connectivity index (χ1n) is 6.01. The molecule has 0 saturated carbocycles. The highest BCUT2D eigenvalue weighted by molar-refractivity contribution is 6.04. The van der Waals surface area contributed by atoms with E-state index in [1.54, 1.807) is 36.4 Å². The first kappa shape index (κ1) is 13.5. The minimum atomic E-state index is -1.22. The third kappa shape index (κ3) is 3.55. The number of rotatable bonds is 5. The van der Waals surface area contributed by atoms with E-state index in [0.717, 1.165) is 0 Å². The summed E-state index contributed by atoms with van der Waals surface area (Å²) < 4.78 is 0. The number of carboxylic acids is 1. The quantitative estimate of drug-likeness (QED) is 0.662. The molecule has 4 heteroatoms. The predicted molar refractivity (Wildman–Crippen MR) is 74.3 cm³/mol. The Morgan fingerprint density at radius 2 is 1.55 bits per heavy atom. The Labute approximate surface area is 116 Å². The summed E-state index contributed by atoms with van der Waals surface area (Å²) >= 11 is 0. The van der Waals surface area contributed by atoms with Crippen LogP contribution in [0, 0.1) is 0 Å². The van der Waals surface area contributed by atoms with E-state index in [2.05, 4.69) is 5.32 Å². The highest BCUT2D eigenvalue weighted by atomic mass is 16.4. The second-order valence-electron chi connectivity index (χ2n) is 4.07. The fourth-order valence-electron chi connectivity index (χ4n) is 1.61. The van der Waals surface area contributed by atoms with Crippen molar-refractivity contribution >= 4 is 17.4 Å². The molecule has 1 N–H and O–H groups in total. The molecule has 0 radical (unpaired) electrons. The van der Waals surface area contributed by atoms with Crippen LogP contribution >= 0.6 is 0 Å². The van der Waals surface area contributed by atoms with Crippen LogP contribution < -0.4 is 10.4 Å². The molecule has 0 saturated heterocycles. The summed E-state index contributed by atoms with van der Waals surface area (Å²) in [6, 6.07) is 15.0. The monoisotopic (exact) mass is 266 g/mol. The molecule has 0 heterocycles. The maximum absolute atomic E-state index is 11.8. The molecular formula is C16H12NO3-. The van der Waals surface area contributed by atoms with Crippen molar-refractivity contribution in [1.29, 1.82) is 0 Å². The zero-order valence-corrected chi connectivity index (χ0v) is 10.6. The van der Waals surface area contributed by atoms with Gasteiger partial charge in [-0.05, 0) is 17.7 Å². The smallest absolute Gasteiger partial charge is 0.187 e. The van der Waals surface area contributed by atoms with Crippen LogP contribution in [0.1, 0.15) is 20.7 Å². The topological polar surface area (TPSA) is 69.2 Å². The van der Waals surface area contributed by atoms with Crippen LogP contribution in [0.4, 0.5) is 5.69 Å². The van der Waals surface area contributed by atoms with Crippen molar-refractivity contribution in [2.75, 3.05) is 5.32 Å². The van der Waals surface area contributed by atoms with Gasteiger partial charge < -0.3 is 15.2 Å². The molecule has 0 atom stereocenters. The Bertz CT molecular complexity index is 631. The van der Waals surface area contributed by atoms with Crippen molar-refractivity contribution in [3.05, 3.63) is 78.0 Å². The van der Waals surface area contributed by atoms with Gasteiger partial charge in [0.05, 0.1) is 5.97 Å². The molecule has 0 fully saturated rings. The number of aromatic carboxylic acids is 1. The van der Waals surface area contributed by atoms with E-state index < -0.39 is 5.97 Å². The van der Waals surface area contributed by atoms with Gasteiger partial charge in [-0.25, -0.2) is 0 Å². The number of hydrogen-bond donors (Lipinski definition) is 1. The summed E-state index contributed by atoms with van der Waals surface area (Å²) in [7, 11) is 0. The lowest BCUT2D eigenvalue weighted by Crippen LogP contribution is -2.21. The van der Waals surface area contributed by atoms with Gasteiger partial charge in [0, 0.05) is 23.5 Å². The second kappa shape index (κ2) is 6.33. The average Bonchev–Trinajstić information content (AvgIpc) is 2.48. The summed E-state index contributed by atoms with van der Waals surface area (Å²) in [6.45, 7) is 0. The Morgan fingerprint density at radius 3 is 2.15 bits per heavy atom. The lowest BCUT2D eigenvalue weighted by molar-refractivity contribution is -0.255. The minimum absolute atomic E-state index is 0.107. The van der Waals surface area contributed by atoms with Crippen molar-refractivity contribution in [1.82, 2.24) is 0 Å². The number of hydrogen-bond acceptors (Lipinski definition) is 4. The molecule has 0 amide bonds. The molecule has 0 bridgehead atoms. The maximum atomic E-state index is 11.8. The van der Waals surface area contributed by atoms with Gasteiger partial charge in [0.15, 0.2) is 5.78 Å². The number of benzene rings is 2. The number of nitrogens with one attached hydrogen (secondary N) is 1. The zero-order chi connectivity index (χ0) is 14.4. The number of carbonyl (C=O) groups excluding carboxylic acids is 2. The summed E-state index contributed by atoms with van der Waals surface area (Å²) in [5.41, 5.74) is 1.41. The van der Waals surface area contributed by atoms with Gasteiger partial charge in [-0.1, -0.05) is 42.5 Å². The van der Waals surface area contributed by atoms with Gasteiger partial charge in [0.2, 0.25) is 0 Å². The molecule has 2 aromatic rings. The van der Waals surface area contributed by atoms with Crippen molar-refractivity contribution in [2.24, 2.45) is 0 Å². The maximum Gasteiger partial charge on any atom is 0.187 e. The average molecular weight is 266 g/mol. The predicted octanol–water partition coefficient (Wildman–Crippen LogP) is 1.86. The molecule has 2 aromatic carbocycles. The van der Waals surface area contributed by atoms with Crippen molar-refractivity contribution < 1.29 is 14.7 Å². The molecule has 0 aliphatic carbocycles. The van der Waals surface area contributed by atoms with Crippen LogP contribution in [0.5, 0.6) is 0 Å². The van der Waals surface area contributed by atoms with Crippen LogP contribution in [0.25, 0.3) is 0 Å². The first-order valence-corrected chi connectivity index (χ1v) is 6.01. The van der Waals surface area contributed by atoms with Crippen molar-refractivity contribution in [3.63, 3.8) is 0 Å². The number of carbonyl (C=O) groups is 2. The molecule has 20 heavy (non-hydrogen) atoms. The molecule has 0 unspecified atom stereocenters. The summed E-state index contributed by atoms with van der Waals surface area (Å²) in [4.78, 5) is 22.3. The molecule has 0 aromatic heterocycles. The van der Waals surface area contributed by atoms with Gasteiger partial charge in [-0.15, -0.1) is 0 Å². The van der Waals surface area contributed by atoms with Crippen LogP contribution in [0.3, 0.4) is 0 Å². The lowest BCUT2D eigenvalue weighted by Gasteiger charge is -2.04. The largest absolute Gasteiger partial charge is 0.545 e. The molecule has 100 valence electrons. The minimum Gasteiger partial charge on any atom is -0.545 e. The Hall–Kier alpha value is -2.88. The number of allylic oxidation sites excluding steroid dienone is 1. The zero-order valence-electron chi connectivity index (χ0n) is 10.6. The summed E-state index contributed by atoms with van der Waals surface area (Å²) in [5.74, 6) is -1.32. The van der Waals surface area contributed by atoms with Crippen LogP contribution in [0.15, 0.2) is 66.9 Å². The Kier molecular flexibility index (Phi) is 4.29. The third-order valence-corrected chi connectivity index (χ3v) is 2.66. The van der Waals surface area contributed by atoms with E-state index in [9.17, 15) is 14.7 Å². The molecule has 0 aliphatic heterocycles. The van der Waals surface area contributed by atoms with Crippen LogP contribution in [-0.4, -0.2) is 11.8 Å². The first-order chi connectivity index (χ1) is 9.66. The lowest BCUT2D eigenvalue weighted by atomic mass is 10.1. The van der Waals surface area contributed by atoms with Gasteiger partial charge in [0.25, 0.3) is 0 Å². The van der Waals surface area contributed by atoms with Gasteiger partial charge in [-0.2, -0.15) is 0 Å². The normalized spacial score (nSPS) is 10.4. The molecule has 2 rings (SSSR count). The van der Waals surface area contributed by atoms with E-state index in [0.29, 0.717) is 11.3 Å². The standard InChI is InChI=1S/C16H13NO3/c18-15(12-4-2-1-3-5-12)10-11-17-14-8-6-13(7-9-14)16(19)20/h1-11,17H,(H,19,20)/p-1/b11-10+. The number of carboxylic acid groups (broad SMARTS) is 1. The van der Waals surface area contributed by atoms with E-state index >= 15 is 0 Å². The number of anilines is 1. The van der Waals surface area contributed by atoms with E-state index in [-0.39, 0.29) is 11.3 Å². The SMILES string of the molecule is O=C([O-])c1ccc(N/C=C/C(=O)c2ccccc2)cc1. The highest BCUT2D eigenvalue weighted by Gasteiger charge is 1.99. The van der Waals surface area contributed by atoms with Crippen LogP contribution in [-0.2, 0) is 0 Å². The molecule has 0 aliphatic rings. The van der Waals surface area contributed by atoms with Gasteiger partial charge in [-0.3, -0.25) is 4.79 Å². The third-order valence-electron chi connectivity index (χ3n) is 2.66.